The molecule has 0 spiro atoms. The van der Waals surface area contributed by atoms with Gasteiger partial charge in [-0.25, -0.2) is 0 Å². The number of nitrogens with zero attached hydrogens (tertiary/aromatic N) is 1. The molecule has 4 aromatic rings. The number of amides is 1. The number of nitrogens with one attached hydrogen (secondary N) is 1. The van der Waals surface area contributed by atoms with Gasteiger partial charge < -0.3 is 19.5 Å². The van der Waals surface area contributed by atoms with Crippen molar-refractivity contribution in [1.82, 2.24) is 0 Å². The van der Waals surface area contributed by atoms with Gasteiger partial charge in [-0.15, -0.1) is 0 Å². The fourth-order valence-electron chi connectivity index (χ4n) is 3.81. The van der Waals surface area contributed by atoms with Gasteiger partial charge in [-0.05, 0) is 85.1 Å². The van der Waals surface area contributed by atoms with E-state index in [0.717, 1.165) is 16.7 Å². The Labute approximate surface area is 249 Å². The predicted octanol–water partition coefficient (Wildman–Crippen LogP) is 8.40. The minimum Gasteiger partial charge on any atom is -0.490 e. The molecule has 4 aromatic carbocycles. The van der Waals surface area contributed by atoms with Gasteiger partial charge >= 0.3 is 0 Å². The van der Waals surface area contributed by atoms with E-state index in [0.29, 0.717) is 58.4 Å². The number of ether oxygens (including phenoxy) is 3. The van der Waals surface area contributed by atoms with E-state index >= 15 is 0 Å². The van der Waals surface area contributed by atoms with Crippen LogP contribution in [0, 0.1) is 18.3 Å². The van der Waals surface area contributed by atoms with Crippen LogP contribution in [0.25, 0.3) is 6.08 Å². The second-order valence-corrected chi connectivity index (χ2v) is 9.94. The highest BCUT2D eigenvalue weighted by Crippen LogP contribution is 2.38. The van der Waals surface area contributed by atoms with E-state index < -0.39 is 5.91 Å². The smallest absolute Gasteiger partial charge is 0.266 e. The Kier molecular flexibility index (Phi) is 10.3. The summed E-state index contributed by atoms with van der Waals surface area (Å²) in [4.78, 5) is 12.9. The molecule has 0 fully saturated rings. The third-order valence-electron chi connectivity index (χ3n) is 5.94. The Morgan fingerprint density at radius 3 is 2.15 bits per heavy atom. The normalized spacial score (nSPS) is 11.0. The summed E-state index contributed by atoms with van der Waals surface area (Å²) in [5, 5.41) is 13.4. The van der Waals surface area contributed by atoms with Crippen LogP contribution in [0.2, 0.25) is 10.0 Å². The lowest BCUT2D eigenvalue weighted by Gasteiger charge is -2.15. The van der Waals surface area contributed by atoms with Crippen LogP contribution in [0.4, 0.5) is 5.69 Å². The largest absolute Gasteiger partial charge is 0.490 e. The number of rotatable bonds is 11. The summed E-state index contributed by atoms with van der Waals surface area (Å²) in [7, 11) is 0. The van der Waals surface area contributed by atoms with Crippen molar-refractivity contribution in [3.8, 4) is 23.3 Å². The van der Waals surface area contributed by atoms with Crippen molar-refractivity contribution in [3.05, 3.63) is 123 Å². The monoisotopic (exact) mass is 586 g/mol. The molecular formula is C33H28Cl2N2O4. The van der Waals surface area contributed by atoms with Crippen LogP contribution in [0.1, 0.15) is 29.2 Å². The van der Waals surface area contributed by atoms with Gasteiger partial charge in [0.2, 0.25) is 0 Å². The van der Waals surface area contributed by atoms with E-state index in [4.69, 9.17) is 37.4 Å². The van der Waals surface area contributed by atoms with Gasteiger partial charge in [-0.2, -0.15) is 5.26 Å². The molecule has 0 aliphatic carbocycles. The van der Waals surface area contributed by atoms with Gasteiger partial charge in [0.15, 0.2) is 11.5 Å². The maximum absolute atomic E-state index is 12.9. The molecule has 208 valence electrons. The molecule has 4 rings (SSSR count). The van der Waals surface area contributed by atoms with Gasteiger partial charge in [-0.3, -0.25) is 4.79 Å². The Hall–Kier alpha value is -4.44. The summed E-state index contributed by atoms with van der Waals surface area (Å²) >= 11 is 12.5. The molecule has 0 atom stereocenters. The molecule has 0 saturated carbocycles. The maximum Gasteiger partial charge on any atom is 0.266 e. The molecule has 0 aliphatic heterocycles. The summed E-state index contributed by atoms with van der Waals surface area (Å²) in [6.07, 6.45) is 1.46. The first-order valence-corrected chi connectivity index (χ1v) is 13.7. The van der Waals surface area contributed by atoms with E-state index in [-0.39, 0.29) is 5.57 Å². The number of anilines is 1. The van der Waals surface area contributed by atoms with Gasteiger partial charge in [-0.1, -0.05) is 65.2 Å². The number of hydrogen-bond acceptors (Lipinski definition) is 5. The lowest BCUT2D eigenvalue weighted by molar-refractivity contribution is -0.112. The second-order valence-electron chi connectivity index (χ2n) is 9.10. The van der Waals surface area contributed by atoms with Crippen LogP contribution >= 0.6 is 23.2 Å². The Morgan fingerprint density at radius 1 is 0.878 bits per heavy atom. The number of carbonyl (C=O) groups excluding carboxylic acids is 1. The van der Waals surface area contributed by atoms with Crippen molar-refractivity contribution in [3.63, 3.8) is 0 Å². The topological polar surface area (TPSA) is 80.6 Å². The van der Waals surface area contributed by atoms with E-state index in [1.807, 2.05) is 56.3 Å². The maximum atomic E-state index is 12.9. The van der Waals surface area contributed by atoms with Crippen molar-refractivity contribution in [2.45, 2.75) is 27.1 Å². The summed E-state index contributed by atoms with van der Waals surface area (Å²) < 4.78 is 17.5. The molecule has 8 heteroatoms. The third-order valence-corrected chi connectivity index (χ3v) is 6.48. The number of carbonyl (C=O) groups is 1. The predicted molar refractivity (Wildman–Crippen MR) is 163 cm³/mol. The molecule has 0 radical (unpaired) electrons. The fraction of sp³-hybridized carbons (Fsp3) is 0.152. The quantitative estimate of drug-likeness (QED) is 0.141. The van der Waals surface area contributed by atoms with Crippen LogP contribution in [-0.2, 0) is 18.0 Å². The van der Waals surface area contributed by atoms with E-state index in [1.54, 1.807) is 48.5 Å². The van der Waals surface area contributed by atoms with Crippen molar-refractivity contribution in [1.29, 1.82) is 5.26 Å². The number of benzene rings is 4. The summed E-state index contributed by atoms with van der Waals surface area (Å²) in [6.45, 7) is 4.95. The Morgan fingerprint density at radius 2 is 1.51 bits per heavy atom. The Balaban J connectivity index is 1.43. The summed E-state index contributed by atoms with van der Waals surface area (Å²) in [5.74, 6) is 0.894. The van der Waals surface area contributed by atoms with Gasteiger partial charge in [0, 0.05) is 10.7 Å². The average Bonchev–Trinajstić information content (AvgIpc) is 2.97. The van der Waals surface area contributed by atoms with Gasteiger partial charge in [0.25, 0.3) is 5.91 Å². The van der Waals surface area contributed by atoms with Gasteiger partial charge in [0.1, 0.15) is 30.6 Å². The standard InChI is InChI=1S/C33H28Cl2N2O4/c1-3-39-31-18-25(17-30(35)32(31)41-21-23-6-4-22(2)5-7-23)16-26(19-36)33(38)37-28-12-14-29(15-13-28)40-20-24-8-10-27(34)11-9-24/h4-18H,3,20-21H2,1-2H3,(H,37,38)/b26-16+. The first kappa shape index (κ1) is 29.5. The van der Waals surface area contributed by atoms with Crippen LogP contribution in [-0.4, -0.2) is 12.5 Å². The minimum absolute atomic E-state index is 0.0973. The van der Waals surface area contributed by atoms with Crippen LogP contribution in [0.3, 0.4) is 0 Å². The van der Waals surface area contributed by atoms with Gasteiger partial charge in [0.05, 0.1) is 11.6 Å². The molecule has 0 saturated heterocycles. The molecule has 0 aliphatic rings. The Bertz CT molecular complexity index is 1560. The average molecular weight is 588 g/mol. The number of halogens is 2. The molecule has 1 N–H and O–H groups in total. The molecule has 0 bridgehead atoms. The van der Waals surface area contributed by atoms with Crippen molar-refractivity contribution < 1.29 is 19.0 Å². The molecule has 41 heavy (non-hydrogen) atoms. The van der Waals surface area contributed by atoms with E-state index in [1.165, 1.54) is 6.08 Å². The van der Waals surface area contributed by atoms with Crippen LogP contribution in [0.5, 0.6) is 17.2 Å². The summed E-state index contributed by atoms with van der Waals surface area (Å²) in [6, 6.07) is 27.6. The fourth-order valence-corrected chi connectivity index (χ4v) is 4.21. The summed E-state index contributed by atoms with van der Waals surface area (Å²) in [5.41, 5.74) is 4.07. The SMILES string of the molecule is CCOc1cc(/C=C(\C#N)C(=O)Nc2ccc(OCc3ccc(Cl)cc3)cc2)cc(Cl)c1OCc1ccc(C)cc1. The lowest BCUT2D eigenvalue weighted by Crippen LogP contribution is -2.13. The molecule has 0 unspecified atom stereocenters. The van der Waals surface area contributed by atoms with E-state index in [2.05, 4.69) is 5.32 Å². The van der Waals surface area contributed by atoms with Crippen LogP contribution < -0.4 is 19.5 Å². The number of hydrogen-bond donors (Lipinski definition) is 1. The highest BCUT2D eigenvalue weighted by atomic mass is 35.5. The first-order valence-electron chi connectivity index (χ1n) is 12.9. The molecular weight excluding hydrogens is 559 g/mol. The number of nitriles is 1. The van der Waals surface area contributed by atoms with E-state index in [9.17, 15) is 10.1 Å². The minimum atomic E-state index is -0.559. The molecule has 1 amide bonds. The zero-order valence-electron chi connectivity index (χ0n) is 22.6. The zero-order chi connectivity index (χ0) is 29.2. The van der Waals surface area contributed by atoms with Crippen molar-refractivity contribution in [2.24, 2.45) is 0 Å². The number of aryl methyl sites for hydroxylation is 1. The van der Waals surface area contributed by atoms with Crippen molar-refractivity contribution >= 4 is 40.9 Å². The molecule has 0 aromatic heterocycles. The highest BCUT2D eigenvalue weighted by Gasteiger charge is 2.15. The van der Waals surface area contributed by atoms with Crippen molar-refractivity contribution in [2.75, 3.05) is 11.9 Å². The molecule has 0 heterocycles. The first-order chi connectivity index (χ1) is 19.8. The molecule has 6 nitrogen and oxygen atoms in total. The lowest BCUT2D eigenvalue weighted by atomic mass is 10.1. The second kappa shape index (κ2) is 14.3. The highest BCUT2D eigenvalue weighted by molar-refractivity contribution is 6.32. The van der Waals surface area contributed by atoms with Crippen LogP contribution in [0.15, 0.2) is 90.5 Å². The zero-order valence-corrected chi connectivity index (χ0v) is 24.1. The third kappa shape index (κ3) is 8.52.